The Balaban J connectivity index is 3.40. The minimum atomic E-state index is -3.91. The Bertz CT molecular complexity index is 621. The molecule has 1 aromatic rings. The summed E-state index contributed by atoms with van der Waals surface area (Å²) >= 11 is 0. The van der Waals surface area contributed by atoms with Gasteiger partial charge in [-0.25, -0.2) is 13.2 Å². The second kappa shape index (κ2) is 5.40. The maximum Gasteiger partial charge on any atom is 0.335 e. The minimum absolute atomic E-state index is 0.131. The fraction of sp³-hybridized carbons (Fsp3) is 0.333. The van der Waals surface area contributed by atoms with Gasteiger partial charge in [-0.15, -0.1) is 0 Å². The zero-order chi connectivity index (χ0) is 14.8. The van der Waals surface area contributed by atoms with Gasteiger partial charge in [0.15, 0.2) is 9.84 Å². The summed E-state index contributed by atoms with van der Waals surface area (Å²) in [6.07, 6.45) is 0. The third kappa shape index (κ3) is 2.93. The molecular weight excluding hydrogens is 270 g/mol. The molecule has 19 heavy (non-hydrogen) atoms. The van der Waals surface area contributed by atoms with Crippen molar-refractivity contribution in [2.24, 2.45) is 0 Å². The Morgan fingerprint density at radius 3 is 2.37 bits per heavy atom. The van der Waals surface area contributed by atoms with E-state index in [0.29, 0.717) is 5.56 Å². The van der Waals surface area contributed by atoms with Crippen LogP contribution < -0.4 is 5.32 Å². The number of hydrogen-bond acceptors (Lipinski definition) is 4. The van der Waals surface area contributed by atoms with Crippen molar-refractivity contribution in [2.45, 2.75) is 24.0 Å². The number of amides is 1. The van der Waals surface area contributed by atoms with E-state index in [1.54, 1.807) is 6.92 Å². The highest BCUT2D eigenvalue weighted by atomic mass is 32.2. The number of nitrogens with one attached hydrogen (secondary N) is 1. The standard InChI is InChI=1S/C12H15NO5S/c1-7-4-5-9(12(15)16)6-10(7)19(17,18)8(2)11(14)13-3/h4-6,8H,1-3H3,(H,13,14)(H,15,16). The number of carboxylic acids is 1. The lowest BCUT2D eigenvalue weighted by Crippen LogP contribution is -2.36. The van der Waals surface area contributed by atoms with Gasteiger partial charge in [-0.1, -0.05) is 6.07 Å². The highest BCUT2D eigenvalue weighted by molar-refractivity contribution is 7.92. The second-order valence-corrected chi connectivity index (χ2v) is 6.32. The molecule has 0 aliphatic carbocycles. The van der Waals surface area contributed by atoms with Crippen LogP contribution in [0.3, 0.4) is 0 Å². The lowest BCUT2D eigenvalue weighted by molar-refractivity contribution is -0.119. The number of carbonyl (C=O) groups is 2. The van der Waals surface area contributed by atoms with Crippen molar-refractivity contribution in [2.75, 3.05) is 7.05 Å². The lowest BCUT2D eigenvalue weighted by atomic mass is 10.1. The van der Waals surface area contributed by atoms with Gasteiger partial charge < -0.3 is 10.4 Å². The van der Waals surface area contributed by atoms with Crippen LogP contribution in [-0.2, 0) is 14.6 Å². The number of benzene rings is 1. The van der Waals surface area contributed by atoms with E-state index in [4.69, 9.17) is 5.11 Å². The maximum absolute atomic E-state index is 12.3. The van der Waals surface area contributed by atoms with Crippen molar-refractivity contribution in [3.05, 3.63) is 29.3 Å². The largest absolute Gasteiger partial charge is 0.478 e. The molecule has 1 unspecified atom stereocenters. The highest BCUT2D eigenvalue weighted by Crippen LogP contribution is 2.22. The van der Waals surface area contributed by atoms with Crippen LogP contribution in [0.25, 0.3) is 0 Å². The Morgan fingerprint density at radius 1 is 1.32 bits per heavy atom. The molecule has 1 rings (SSSR count). The number of aromatic carboxylic acids is 1. The molecular formula is C12H15NO5S. The van der Waals surface area contributed by atoms with Crippen molar-refractivity contribution >= 4 is 21.7 Å². The van der Waals surface area contributed by atoms with E-state index in [1.165, 1.54) is 26.1 Å². The first-order valence-corrected chi connectivity index (χ1v) is 7.06. The van der Waals surface area contributed by atoms with Gasteiger partial charge in [-0.05, 0) is 31.5 Å². The van der Waals surface area contributed by atoms with Crippen LogP contribution in [0.5, 0.6) is 0 Å². The van der Waals surface area contributed by atoms with Crippen LogP contribution in [0.2, 0.25) is 0 Å². The number of carbonyl (C=O) groups excluding carboxylic acids is 1. The molecule has 0 radical (unpaired) electrons. The predicted molar refractivity (Wildman–Crippen MR) is 68.9 cm³/mol. The fourth-order valence-corrected chi connectivity index (χ4v) is 3.16. The molecule has 0 spiro atoms. The molecule has 0 fully saturated rings. The number of sulfone groups is 1. The third-order valence-corrected chi connectivity index (χ3v) is 5.02. The van der Waals surface area contributed by atoms with Crippen molar-refractivity contribution in [3.63, 3.8) is 0 Å². The summed E-state index contributed by atoms with van der Waals surface area (Å²) in [5.74, 6) is -1.86. The smallest absolute Gasteiger partial charge is 0.335 e. The molecule has 6 nitrogen and oxygen atoms in total. The molecule has 0 aliphatic heterocycles. The fourth-order valence-electron chi connectivity index (χ4n) is 1.57. The average molecular weight is 285 g/mol. The Kier molecular flexibility index (Phi) is 4.31. The number of aryl methyl sites for hydroxylation is 1. The number of hydrogen-bond donors (Lipinski definition) is 2. The van der Waals surface area contributed by atoms with Gasteiger partial charge in [0, 0.05) is 7.05 Å². The summed E-state index contributed by atoms with van der Waals surface area (Å²) in [6.45, 7) is 2.82. The maximum atomic E-state index is 12.3. The van der Waals surface area contributed by atoms with Gasteiger partial charge in [0.25, 0.3) is 0 Å². The van der Waals surface area contributed by atoms with Crippen molar-refractivity contribution < 1.29 is 23.1 Å². The van der Waals surface area contributed by atoms with E-state index in [-0.39, 0.29) is 10.5 Å². The summed E-state index contributed by atoms with van der Waals surface area (Å²) in [4.78, 5) is 22.2. The van der Waals surface area contributed by atoms with Crippen molar-refractivity contribution in [3.8, 4) is 0 Å². The van der Waals surface area contributed by atoms with E-state index >= 15 is 0 Å². The zero-order valence-corrected chi connectivity index (χ0v) is 11.6. The summed E-state index contributed by atoms with van der Waals surface area (Å²) < 4.78 is 24.5. The summed E-state index contributed by atoms with van der Waals surface area (Å²) in [5, 5.41) is 9.87. The monoisotopic (exact) mass is 285 g/mol. The van der Waals surface area contributed by atoms with Gasteiger partial charge in [-0.2, -0.15) is 0 Å². The Labute approximate surface area is 111 Å². The first kappa shape index (κ1) is 15.2. The minimum Gasteiger partial charge on any atom is -0.478 e. The normalized spacial score (nSPS) is 12.8. The summed E-state index contributed by atoms with van der Waals surface area (Å²) in [7, 11) is -2.57. The molecule has 1 atom stereocenters. The van der Waals surface area contributed by atoms with Gasteiger partial charge in [0.2, 0.25) is 5.91 Å². The van der Waals surface area contributed by atoms with Crippen LogP contribution in [0.1, 0.15) is 22.8 Å². The molecule has 0 aromatic heterocycles. The number of rotatable bonds is 4. The first-order valence-electron chi connectivity index (χ1n) is 5.51. The average Bonchev–Trinajstić information content (AvgIpc) is 2.36. The van der Waals surface area contributed by atoms with Crippen molar-refractivity contribution in [1.29, 1.82) is 0 Å². The molecule has 0 heterocycles. The third-order valence-electron chi connectivity index (χ3n) is 2.82. The SMILES string of the molecule is CNC(=O)C(C)S(=O)(=O)c1cc(C(=O)O)ccc1C. The molecule has 0 aliphatic rings. The van der Waals surface area contributed by atoms with Gasteiger partial charge >= 0.3 is 5.97 Å². The van der Waals surface area contributed by atoms with Gasteiger partial charge in [-0.3, -0.25) is 4.79 Å². The quantitative estimate of drug-likeness (QED) is 0.843. The molecule has 1 aromatic carbocycles. The molecule has 7 heteroatoms. The molecule has 0 bridgehead atoms. The van der Waals surface area contributed by atoms with E-state index in [0.717, 1.165) is 6.07 Å². The molecule has 104 valence electrons. The van der Waals surface area contributed by atoms with E-state index in [1.807, 2.05) is 0 Å². The Morgan fingerprint density at radius 2 is 1.89 bits per heavy atom. The molecule has 0 saturated carbocycles. The summed E-state index contributed by atoms with van der Waals surface area (Å²) in [6, 6.07) is 3.81. The highest BCUT2D eigenvalue weighted by Gasteiger charge is 2.30. The predicted octanol–water partition coefficient (Wildman–Crippen LogP) is 0.601. The lowest BCUT2D eigenvalue weighted by Gasteiger charge is -2.14. The van der Waals surface area contributed by atoms with Gasteiger partial charge in [0.1, 0.15) is 5.25 Å². The van der Waals surface area contributed by atoms with E-state index in [9.17, 15) is 18.0 Å². The van der Waals surface area contributed by atoms with E-state index in [2.05, 4.69) is 5.32 Å². The second-order valence-electron chi connectivity index (χ2n) is 4.09. The van der Waals surface area contributed by atoms with Crippen LogP contribution in [0.15, 0.2) is 23.1 Å². The molecule has 2 N–H and O–H groups in total. The topological polar surface area (TPSA) is 101 Å². The van der Waals surface area contributed by atoms with E-state index < -0.39 is 27.0 Å². The molecule has 1 amide bonds. The zero-order valence-electron chi connectivity index (χ0n) is 10.8. The van der Waals surface area contributed by atoms with Gasteiger partial charge in [0.05, 0.1) is 10.5 Å². The molecule has 0 saturated heterocycles. The Hall–Kier alpha value is -1.89. The first-order chi connectivity index (χ1) is 8.71. The number of carboxylic acid groups (broad SMARTS) is 1. The van der Waals surface area contributed by atoms with Crippen LogP contribution >= 0.6 is 0 Å². The summed E-state index contributed by atoms with van der Waals surface area (Å²) in [5.41, 5.74) is 0.272. The van der Waals surface area contributed by atoms with Crippen LogP contribution in [-0.4, -0.2) is 37.7 Å². The van der Waals surface area contributed by atoms with Crippen molar-refractivity contribution in [1.82, 2.24) is 5.32 Å². The van der Waals surface area contributed by atoms with Crippen LogP contribution in [0.4, 0.5) is 0 Å². The van der Waals surface area contributed by atoms with Crippen LogP contribution in [0, 0.1) is 6.92 Å².